The number of hydrogen-bond donors (Lipinski definition) is 2. The smallest absolute Gasteiger partial charge is 0.407 e. The third-order valence-electron chi connectivity index (χ3n) is 2.84. The molecule has 1 aromatic carbocycles. The van der Waals surface area contributed by atoms with Crippen molar-refractivity contribution < 1.29 is 19.4 Å². The Labute approximate surface area is 137 Å². The first-order valence-corrected chi connectivity index (χ1v) is 7.69. The van der Waals surface area contributed by atoms with Crippen LogP contribution in [-0.2, 0) is 11.3 Å². The molecule has 1 amide bonds. The maximum Gasteiger partial charge on any atom is 0.407 e. The summed E-state index contributed by atoms with van der Waals surface area (Å²) in [7, 11) is 0. The summed E-state index contributed by atoms with van der Waals surface area (Å²) < 4.78 is 5.06. The lowest BCUT2D eigenvalue weighted by Gasteiger charge is -2.04. The second kappa shape index (κ2) is 8.09. The zero-order chi connectivity index (χ0) is 16.7. The largest absolute Gasteiger partial charge is 0.477 e. The SMILES string of the molecule is Cc1nc(C=CCNC(=O)OCc2ccccc2)sc1C(=O)O. The molecule has 0 saturated carbocycles. The van der Waals surface area contributed by atoms with Crippen molar-refractivity contribution in [3.8, 4) is 0 Å². The average Bonchev–Trinajstić information content (AvgIpc) is 2.92. The topological polar surface area (TPSA) is 88.5 Å². The number of aromatic nitrogens is 1. The van der Waals surface area contributed by atoms with E-state index in [4.69, 9.17) is 9.84 Å². The number of hydrogen-bond acceptors (Lipinski definition) is 5. The molecule has 0 aliphatic rings. The molecule has 6 nitrogen and oxygen atoms in total. The monoisotopic (exact) mass is 332 g/mol. The van der Waals surface area contributed by atoms with Gasteiger partial charge in [-0.2, -0.15) is 0 Å². The minimum atomic E-state index is -0.984. The molecule has 0 saturated heterocycles. The van der Waals surface area contributed by atoms with Gasteiger partial charge in [-0.25, -0.2) is 14.6 Å². The fourth-order valence-corrected chi connectivity index (χ4v) is 2.60. The third-order valence-corrected chi connectivity index (χ3v) is 3.96. The number of aromatic carboxylic acids is 1. The van der Waals surface area contributed by atoms with Crippen LogP contribution in [-0.4, -0.2) is 28.7 Å². The van der Waals surface area contributed by atoms with E-state index in [0.29, 0.717) is 10.7 Å². The predicted octanol–water partition coefficient (Wildman–Crippen LogP) is 3.09. The Hall–Kier alpha value is -2.67. The molecule has 120 valence electrons. The summed E-state index contributed by atoms with van der Waals surface area (Å²) in [6, 6.07) is 9.39. The number of nitrogens with one attached hydrogen (secondary N) is 1. The molecule has 0 bridgehead atoms. The minimum absolute atomic E-state index is 0.212. The van der Waals surface area contributed by atoms with Crippen LogP contribution in [0.3, 0.4) is 0 Å². The number of ether oxygens (including phenoxy) is 1. The van der Waals surface area contributed by atoms with Crippen molar-refractivity contribution in [1.29, 1.82) is 0 Å². The molecule has 0 fully saturated rings. The molecule has 7 heteroatoms. The number of aryl methyl sites for hydroxylation is 1. The summed E-state index contributed by atoms with van der Waals surface area (Å²) in [6.45, 7) is 2.13. The van der Waals surface area contributed by atoms with Crippen molar-refractivity contribution in [3.63, 3.8) is 0 Å². The number of alkyl carbamates (subject to hydrolysis) is 1. The van der Waals surface area contributed by atoms with E-state index in [0.717, 1.165) is 16.9 Å². The summed E-state index contributed by atoms with van der Waals surface area (Å²) in [5, 5.41) is 12.1. The fourth-order valence-electron chi connectivity index (χ4n) is 1.76. The number of carbonyl (C=O) groups excluding carboxylic acids is 1. The number of thiazole rings is 1. The summed E-state index contributed by atoms with van der Waals surface area (Å²) in [5.41, 5.74) is 1.40. The van der Waals surface area contributed by atoms with Crippen LogP contribution in [0.5, 0.6) is 0 Å². The van der Waals surface area contributed by atoms with E-state index in [1.54, 1.807) is 19.1 Å². The van der Waals surface area contributed by atoms with Gasteiger partial charge in [-0.1, -0.05) is 36.4 Å². The van der Waals surface area contributed by atoms with E-state index >= 15 is 0 Å². The Balaban J connectivity index is 1.74. The highest BCUT2D eigenvalue weighted by Crippen LogP contribution is 2.18. The van der Waals surface area contributed by atoms with Crippen molar-refractivity contribution in [2.75, 3.05) is 6.54 Å². The van der Waals surface area contributed by atoms with Crippen LogP contribution in [0.2, 0.25) is 0 Å². The zero-order valence-corrected chi connectivity index (χ0v) is 13.3. The number of carboxylic acid groups (broad SMARTS) is 1. The van der Waals surface area contributed by atoms with Crippen molar-refractivity contribution in [3.05, 3.63) is 57.6 Å². The lowest BCUT2D eigenvalue weighted by atomic mass is 10.2. The number of nitrogens with zero attached hydrogens (tertiary/aromatic N) is 1. The number of carboxylic acids is 1. The van der Waals surface area contributed by atoms with Crippen LogP contribution in [0.4, 0.5) is 4.79 Å². The highest BCUT2D eigenvalue weighted by atomic mass is 32.1. The summed E-state index contributed by atoms with van der Waals surface area (Å²) >= 11 is 1.09. The van der Waals surface area contributed by atoms with E-state index in [-0.39, 0.29) is 18.0 Å². The second-order valence-corrected chi connectivity index (χ2v) is 5.65. The van der Waals surface area contributed by atoms with E-state index in [2.05, 4.69) is 10.3 Å². The van der Waals surface area contributed by atoms with Crippen molar-refractivity contribution in [1.82, 2.24) is 10.3 Å². The molecule has 2 aromatic rings. The van der Waals surface area contributed by atoms with Crippen molar-refractivity contribution in [2.24, 2.45) is 0 Å². The van der Waals surface area contributed by atoms with Crippen LogP contribution in [0.25, 0.3) is 6.08 Å². The third kappa shape index (κ3) is 5.23. The second-order valence-electron chi connectivity index (χ2n) is 4.62. The predicted molar refractivity (Wildman–Crippen MR) is 87.5 cm³/mol. The van der Waals surface area contributed by atoms with Crippen LogP contribution >= 0.6 is 11.3 Å². The molecule has 0 atom stereocenters. The van der Waals surface area contributed by atoms with Crippen LogP contribution in [0, 0.1) is 6.92 Å². The molecule has 0 spiro atoms. The molecule has 0 radical (unpaired) electrons. The number of amides is 1. The van der Waals surface area contributed by atoms with E-state index in [1.165, 1.54) is 0 Å². The van der Waals surface area contributed by atoms with Gasteiger partial charge in [0.2, 0.25) is 0 Å². The molecular formula is C16H16N2O4S. The normalized spacial score (nSPS) is 10.7. The molecule has 2 N–H and O–H groups in total. The quantitative estimate of drug-likeness (QED) is 0.848. The van der Waals surface area contributed by atoms with Crippen LogP contribution in [0.15, 0.2) is 36.4 Å². The van der Waals surface area contributed by atoms with E-state index in [1.807, 2.05) is 30.3 Å². The van der Waals surface area contributed by atoms with Gasteiger partial charge in [0.25, 0.3) is 0 Å². The number of rotatable bonds is 6. The molecular weight excluding hydrogens is 316 g/mol. The Morgan fingerprint density at radius 2 is 2.09 bits per heavy atom. The van der Waals surface area contributed by atoms with Gasteiger partial charge in [-0.15, -0.1) is 11.3 Å². The van der Waals surface area contributed by atoms with Gasteiger partial charge in [0.15, 0.2) is 0 Å². The molecule has 0 aliphatic carbocycles. The van der Waals surface area contributed by atoms with Gasteiger partial charge in [0, 0.05) is 6.54 Å². The van der Waals surface area contributed by atoms with Gasteiger partial charge >= 0.3 is 12.1 Å². The highest BCUT2D eigenvalue weighted by molar-refractivity contribution is 7.14. The Morgan fingerprint density at radius 3 is 2.74 bits per heavy atom. The molecule has 1 aromatic heterocycles. The number of benzene rings is 1. The minimum Gasteiger partial charge on any atom is -0.477 e. The van der Waals surface area contributed by atoms with Crippen molar-refractivity contribution >= 4 is 29.5 Å². The number of carbonyl (C=O) groups is 2. The van der Waals surface area contributed by atoms with Gasteiger partial charge in [0.05, 0.1) is 5.69 Å². The molecule has 1 heterocycles. The van der Waals surface area contributed by atoms with Gasteiger partial charge in [0.1, 0.15) is 16.5 Å². The summed E-state index contributed by atoms with van der Waals surface area (Å²) in [4.78, 5) is 26.8. The standard InChI is InChI=1S/C16H16N2O4S/c1-11-14(15(19)20)23-13(18-11)8-5-9-17-16(21)22-10-12-6-3-2-4-7-12/h2-8H,9-10H2,1H3,(H,17,21)(H,19,20). The molecule has 0 aliphatic heterocycles. The zero-order valence-electron chi connectivity index (χ0n) is 12.5. The average molecular weight is 332 g/mol. The first kappa shape index (κ1) is 16.7. The van der Waals surface area contributed by atoms with Gasteiger partial charge in [-0.05, 0) is 18.6 Å². The summed E-state index contributed by atoms with van der Waals surface area (Å²) in [6.07, 6.45) is 2.84. The maximum atomic E-state index is 11.5. The first-order chi connectivity index (χ1) is 11.1. The molecule has 0 unspecified atom stereocenters. The highest BCUT2D eigenvalue weighted by Gasteiger charge is 2.12. The lowest BCUT2D eigenvalue weighted by molar-refractivity contribution is 0.0701. The lowest BCUT2D eigenvalue weighted by Crippen LogP contribution is -2.24. The Bertz CT molecular complexity index is 710. The van der Waals surface area contributed by atoms with Gasteiger partial charge < -0.3 is 15.2 Å². The summed E-state index contributed by atoms with van der Waals surface area (Å²) in [5.74, 6) is -0.984. The fraction of sp³-hybridized carbons (Fsp3) is 0.188. The Morgan fingerprint density at radius 1 is 1.35 bits per heavy atom. The molecule has 23 heavy (non-hydrogen) atoms. The maximum absolute atomic E-state index is 11.5. The van der Waals surface area contributed by atoms with E-state index in [9.17, 15) is 9.59 Å². The molecule has 2 rings (SSSR count). The van der Waals surface area contributed by atoms with Crippen LogP contribution in [0.1, 0.15) is 25.9 Å². The first-order valence-electron chi connectivity index (χ1n) is 6.88. The van der Waals surface area contributed by atoms with E-state index < -0.39 is 12.1 Å². The van der Waals surface area contributed by atoms with Gasteiger partial charge in [-0.3, -0.25) is 0 Å². The van der Waals surface area contributed by atoms with Crippen LogP contribution < -0.4 is 5.32 Å². The Kier molecular flexibility index (Phi) is 5.87. The van der Waals surface area contributed by atoms with Crippen molar-refractivity contribution in [2.45, 2.75) is 13.5 Å².